The first kappa shape index (κ1) is 34.7. The van der Waals surface area contributed by atoms with E-state index in [0.717, 1.165) is 21.6 Å². The van der Waals surface area contributed by atoms with Crippen LogP contribution in [0.25, 0.3) is 17.2 Å². The predicted octanol–water partition coefficient (Wildman–Crippen LogP) is 8.52. The predicted molar refractivity (Wildman–Crippen MR) is 198 cm³/mol. The van der Waals surface area contributed by atoms with Crippen molar-refractivity contribution < 1.29 is 19.1 Å². The molecule has 49 heavy (non-hydrogen) atoms. The lowest BCUT2D eigenvalue weighted by Gasteiger charge is -2.16. The number of rotatable bonds is 12. The highest BCUT2D eigenvalue weighted by atomic mass is 32.2. The van der Waals surface area contributed by atoms with E-state index < -0.39 is 17.1 Å². The SMILES string of the molecule is CCC(Sc1cccc(NC(=O)/C(=C\c2ccc(OC)cc2)NC(=O)c2ccccc2)c1)C(=O)Nc1scc(-c2ccc(C)cc2)c1C#N. The Kier molecular flexibility index (Phi) is 11.7. The molecule has 0 fully saturated rings. The number of thioether (sulfide) groups is 1. The highest BCUT2D eigenvalue weighted by Gasteiger charge is 2.22. The lowest BCUT2D eigenvalue weighted by molar-refractivity contribution is -0.116. The van der Waals surface area contributed by atoms with E-state index in [1.54, 1.807) is 79.9 Å². The van der Waals surface area contributed by atoms with Gasteiger partial charge in [-0.05, 0) is 73.0 Å². The Bertz CT molecular complexity index is 2020. The number of nitriles is 1. The smallest absolute Gasteiger partial charge is 0.272 e. The van der Waals surface area contributed by atoms with E-state index in [2.05, 4.69) is 22.0 Å². The monoisotopic (exact) mass is 686 g/mol. The number of anilines is 2. The minimum atomic E-state index is -0.516. The molecule has 0 saturated carbocycles. The number of methoxy groups -OCH3 is 1. The molecule has 4 aromatic carbocycles. The maximum Gasteiger partial charge on any atom is 0.272 e. The second-order valence-electron chi connectivity index (χ2n) is 11.0. The van der Waals surface area contributed by atoms with Crippen molar-refractivity contribution in [3.05, 3.63) is 136 Å². The number of ether oxygens (including phenoxy) is 1. The summed E-state index contributed by atoms with van der Waals surface area (Å²) >= 11 is 2.69. The van der Waals surface area contributed by atoms with Gasteiger partial charge in [0.2, 0.25) is 5.91 Å². The first-order chi connectivity index (χ1) is 23.8. The van der Waals surface area contributed by atoms with E-state index in [1.807, 2.05) is 55.6 Å². The quantitative estimate of drug-likeness (QED) is 0.0894. The summed E-state index contributed by atoms with van der Waals surface area (Å²) < 4.78 is 5.24. The molecule has 3 amide bonds. The molecule has 5 aromatic rings. The summed E-state index contributed by atoms with van der Waals surface area (Å²) in [4.78, 5) is 40.8. The zero-order valence-corrected chi connectivity index (χ0v) is 28.8. The normalized spacial score (nSPS) is 11.6. The molecule has 0 bridgehead atoms. The first-order valence-corrected chi connectivity index (χ1v) is 17.2. The fourth-order valence-electron chi connectivity index (χ4n) is 4.84. The molecule has 5 rings (SSSR count). The number of nitrogens with one attached hydrogen (secondary N) is 3. The summed E-state index contributed by atoms with van der Waals surface area (Å²) in [5.41, 5.74) is 4.91. The van der Waals surface area contributed by atoms with Crippen molar-refractivity contribution in [1.82, 2.24) is 5.32 Å². The molecule has 10 heteroatoms. The number of hydrogen-bond donors (Lipinski definition) is 3. The second-order valence-corrected chi connectivity index (χ2v) is 13.1. The molecule has 3 N–H and O–H groups in total. The van der Waals surface area contributed by atoms with E-state index in [9.17, 15) is 19.6 Å². The molecular weight excluding hydrogens is 653 g/mol. The van der Waals surface area contributed by atoms with Gasteiger partial charge in [0.1, 0.15) is 22.5 Å². The molecule has 1 unspecified atom stereocenters. The van der Waals surface area contributed by atoms with Gasteiger partial charge in [0, 0.05) is 27.1 Å². The van der Waals surface area contributed by atoms with Crippen LogP contribution in [0.3, 0.4) is 0 Å². The molecule has 8 nitrogen and oxygen atoms in total. The van der Waals surface area contributed by atoms with E-state index >= 15 is 0 Å². The van der Waals surface area contributed by atoms with Gasteiger partial charge in [-0.1, -0.05) is 73.2 Å². The Labute approximate surface area is 293 Å². The van der Waals surface area contributed by atoms with Crippen molar-refractivity contribution in [2.75, 3.05) is 17.7 Å². The standard InChI is InChI=1S/C39H34N4O4S2/c1-4-35(38(46)43-39-32(23-40)33(24-48-39)27-17-13-25(2)14-18-27)49-31-12-8-11-29(22-31)41-37(45)34(21-26-15-19-30(47-3)20-16-26)42-36(44)28-9-6-5-7-10-28/h5-22,24,35H,4H2,1-3H3,(H,41,45)(H,42,44)(H,43,46)/b34-21+. The molecule has 1 heterocycles. The van der Waals surface area contributed by atoms with Crippen LogP contribution in [-0.2, 0) is 9.59 Å². The number of hydrogen-bond acceptors (Lipinski definition) is 7. The van der Waals surface area contributed by atoms with Crippen LogP contribution in [0.2, 0.25) is 0 Å². The Balaban J connectivity index is 1.30. The van der Waals surface area contributed by atoms with E-state index in [4.69, 9.17) is 4.74 Å². The fourth-order valence-corrected chi connectivity index (χ4v) is 6.78. The first-order valence-electron chi connectivity index (χ1n) is 15.5. The highest BCUT2D eigenvalue weighted by Crippen LogP contribution is 2.36. The van der Waals surface area contributed by atoms with Crippen molar-refractivity contribution >= 4 is 57.6 Å². The molecule has 0 radical (unpaired) electrons. The lowest BCUT2D eigenvalue weighted by Crippen LogP contribution is -2.30. The zero-order chi connectivity index (χ0) is 34.8. The summed E-state index contributed by atoms with van der Waals surface area (Å²) in [6, 6.07) is 33.1. The van der Waals surface area contributed by atoms with Crippen LogP contribution in [0.1, 0.15) is 40.4 Å². The minimum absolute atomic E-state index is 0.0529. The third kappa shape index (κ3) is 9.05. The van der Waals surface area contributed by atoms with Gasteiger partial charge in [-0.2, -0.15) is 5.26 Å². The number of carbonyl (C=O) groups is 3. The van der Waals surface area contributed by atoms with Gasteiger partial charge >= 0.3 is 0 Å². The average Bonchev–Trinajstić information content (AvgIpc) is 3.53. The summed E-state index contributed by atoms with van der Waals surface area (Å²) in [5.74, 6) is -0.493. The van der Waals surface area contributed by atoms with Gasteiger partial charge in [0.05, 0.1) is 17.9 Å². The maximum absolute atomic E-state index is 13.6. The Morgan fingerprint density at radius 1 is 0.939 bits per heavy atom. The van der Waals surface area contributed by atoms with Crippen molar-refractivity contribution in [2.24, 2.45) is 0 Å². The van der Waals surface area contributed by atoms with Crippen LogP contribution < -0.4 is 20.7 Å². The molecular formula is C39H34N4O4S2. The van der Waals surface area contributed by atoms with Crippen molar-refractivity contribution in [3.8, 4) is 22.9 Å². The van der Waals surface area contributed by atoms with Gasteiger partial charge in [-0.3, -0.25) is 14.4 Å². The number of aryl methyl sites for hydroxylation is 1. The third-order valence-corrected chi connectivity index (χ3v) is 9.74. The topological polar surface area (TPSA) is 120 Å². The molecule has 0 aliphatic carbocycles. The molecule has 1 aromatic heterocycles. The highest BCUT2D eigenvalue weighted by molar-refractivity contribution is 8.00. The average molecular weight is 687 g/mol. The van der Waals surface area contributed by atoms with Crippen LogP contribution >= 0.6 is 23.1 Å². The molecule has 0 aliphatic heterocycles. The van der Waals surface area contributed by atoms with Gasteiger partial charge in [-0.15, -0.1) is 23.1 Å². The number of amides is 3. The molecule has 0 spiro atoms. The summed E-state index contributed by atoms with van der Waals surface area (Å²) in [6.07, 6.45) is 2.13. The van der Waals surface area contributed by atoms with Crippen molar-refractivity contribution in [3.63, 3.8) is 0 Å². The van der Waals surface area contributed by atoms with Gasteiger partial charge in [0.15, 0.2) is 0 Å². The largest absolute Gasteiger partial charge is 0.497 e. The summed E-state index contributed by atoms with van der Waals surface area (Å²) in [5, 5.41) is 20.5. The summed E-state index contributed by atoms with van der Waals surface area (Å²) in [6.45, 7) is 3.93. The van der Waals surface area contributed by atoms with E-state index in [-0.39, 0.29) is 11.6 Å². The van der Waals surface area contributed by atoms with Crippen molar-refractivity contribution in [1.29, 1.82) is 5.26 Å². The molecule has 1 atom stereocenters. The second kappa shape index (κ2) is 16.5. The van der Waals surface area contributed by atoms with Crippen LogP contribution in [0.15, 0.2) is 119 Å². The number of benzene rings is 4. The van der Waals surface area contributed by atoms with Crippen LogP contribution in [0, 0.1) is 18.3 Å². The van der Waals surface area contributed by atoms with Crippen LogP contribution in [0.5, 0.6) is 5.75 Å². The molecule has 246 valence electrons. The van der Waals surface area contributed by atoms with E-state index in [0.29, 0.717) is 39.5 Å². The number of thiophene rings is 1. The van der Waals surface area contributed by atoms with E-state index in [1.165, 1.54) is 23.1 Å². The fraction of sp³-hybridized carbons (Fsp3) is 0.128. The number of nitrogens with zero attached hydrogens (tertiary/aromatic N) is 1. The Morgan fingerprint density at radius 3 is 2.35 bits per heavy atom. The van der Waals surface area contributed by atoms with Gasteiger partial charge in [-0.25, -0.2) is 0 Å². The zero-order valence-electron chi connectivity index (χ0n) is 27.2. The van der Waals surface area contributed by atoms with Crippen LogP contribution in [-0.4, -0.2) is 30.1 Å². The Morgan fingerprint density at radius 2 is 1.67 bits per heavy atom. The van der Waals surface area contributed by atoms with Gasteiger partial charge in [0.25, 0.3) is 11.8 Å². The molecule has 0 aliphatic rings. The van der Waals surface area contributed by atoms with Crippen molar-refractivity contribution in [2.45, 2.75) is 30.4 Å². The van der Waals surface area contributed by atoms with Gasteiger partial charge < -0.3 is 20.7 Å². The van der Waals surface area contributed by atoms with Crippen LogP contribution in [0.4, 0.5) is 10.7 Å². The molecule has 0 saturated heterocycles. The number of carbonyl (C=O) groups excluding carboxylic acids is 3. The summed E-state index contributed by atoms with van der Waals surface area (Å²) in [7, 11) is 1.57. The minimum Gasteiger partial charge on any atom is -0.497 e. The lowest BCUT2D eigenvalue weighted by atomic mass is 10.0. The Hall–Kier alpha value is -5.63. The maximum atomic E-state index is 13.6. The third-order valence-electron chi connectivity index (χ3n) is 7.49.